The zero-order chi connectivity index (χ0) is 20.9. The van der Waals surface area contributed by atoms with E-state index in [9.17, 15) is 4.79 Å². The third-order valence-corrected chi connectivity index (χ3v) is 4.87. The summed E-state index contributed by atoms with van der Waals surface area (Å²) in [6, 6.07) is 25.6. The molecule has 0 bridgehead atoms. The fourth-order valence-corrected chi connectivity index (χ4v) is 3.29. The minimum Gasteiger partial charge on any atom is -0.351 e. The molecule has 0 unspecified atom stereocenters. The smallest absolute Gasteiger partial charge is 0.251 e. The van der Waals surface area contributed by atoms with Gasteiger partial charge in [0.05, 0.1) is 22.4 Å². The maximum Gasteiger partial charge on any atom is 0.251 e. The number of rotatable bonds is 6. The Kier molecular flexibility index (Phi) is 5.82. The number of nitrogens with one attached hydrogen (secondary N) is 1. The summed E-state index contributed by atoms with van der Waals surface area (Å²) < 4.78 is 0. The molecule has 0 aliphatic carbocycles. The number of nitrogens with zero attached hydrogens (tertiary/aromatic N) is 3. The highest BCUT2D eigenvalue weighted by Crippen LogP contribution is 2.31. The van der Waals surface area contributed by atoms with Crippen LogP contribution in [-0.4, -0.2) is 48.0 Å². The zero-order valence-corrected chi connectivity index (χ0v) is 17.2. The Balaban J connectivity index is 1.77. The molecule has 0 spiro atoms. The van der Waals surface area contributed by atoms with Crippen LogP contribution >= 0.6 is 0 Å². The van der Waals surface area contributed by atoms with Gasteiger partial charge < -0.3 is 10.2 Å². The molecule has 1 aromatic heterocycles. The van der Waals surface area contributed by atoms with Crippen molar-refractivity contribution in [2.45, 2.75) is 0 Å². The third-order valence-electron chi connectivity index (χ3n) is 4.87. The van der Waals surface area contributed by atoms with E-state index >= 15 is 0 Å². The summed E-state index contributed by atoms with van der Waals surface area (Å²) in [5.41, 5.74) is 5.69. The molecule has 0 aliphatic rings. The normalized spacial score (nSPS) is 11.0. The Morgan fingerprint density at radius 2 is 1.37 bits per heavy atom. The number of carbonyl (C=O) groups excluding carboxylic acids is 1. The van der Waals surface area contributed by atoms with E-state index in [1.165, 1.54) is 0 Å². The van der Waals surface area contributed by atoms with Gasteiger partial charge in [-0.2, -0.15) is 0 Å². The molecule has 0 saturated heterocycles. The number of likely N-dealkylation sites (N-methyl/N-ethyl adjacent to an activating group) is 1. The Bertz CT molecular complexity index is 1160. The van der Waals surface area contributed by atoms with Crippen LogP contribution in [0, 0.1) is 0 Å². The summed E-state index contributed by atoms with van der Waals surface area (Å²) in [6.45, 7) is 1.38. The van der Waals surface area contributed by atoms with E-state index in [1.807, 2.05) is 91.8 Å². The fraction of sp³-hybridized carbons (Fsp3) is 0.160. The Hall–Kier alpha value is -3.57. The summed E-state index contributed by atoms with van der Waals surface area (Å²) in [5, 5.41) is 2.95. The standard InChI is InChI=1S/C25H24N4O/c1-29(2)16-15-26-25(30)20-13-14-21-22(17-20)28-24(19-11-7-4-8-12-19)23(27-21)18-9-5-3-6-10-18/h3-14,17H,15-16H2,1-2H3,(H,26,30). The quantitative estimate of drug-likeness (QED) is 0.529. The SMILES string of the molecule is CN(C)CCNC(=O)c1ccc2nc(-c3ccccc3)c(-c3ccccc3)nc2c1. The molecule has 1 heterocycles. The first-order chi connectivity index (χ1) is 14.6. The van der Waals surface area contributed by atoms with Crippen LogP contribution in [0.3, 0.4) is 0 Å². The molecular formula is C25H24N4O. The van der Waals surface area contributed by atoms with Crippen molar-refractivity contribution in [2.75, 3.05) is 27.2 Å². The van der Waals surface area contributed by atoms with Crippen molar-refractivity contribution in [3.63, 3.8) is 0 Å². The summed E-state index contributed by atoms with van der Waals surface area (Å²) in [4.78, 5) is 24.4. The van der Waals surface area contributed by atoms with Crippen molar-refractivity contribution >= 4 is 16.9 Å². The van der Waals surface area contributed by atoms with Gasteiger partial charge in [-0.3, -0.25) is 4.79 Å². The Labute approximate surface area is 176 Å². The Morgan fingerprint density at radius 1 is 0.800 bits per heavy atom. The fourth-order valence-electron chi connectivity index (χ4n) is 3.29. The van der Waals surface area contributed by atoms with Crippen molar-refractivity contribution in [3.05, 3.63) is 84.4 Å². The van der Waals surface area contributed by atoms with Gasteiger partial charge in [0, 0.05) is 29.8 Å². The van der Waals surface area contributed by atoms with Gasteiger partial charge in [0.1, 0.15) is 0 Å². The third kappa shape index (κ3) is 4.36. The van der Waals surface area contributed by atoms with Crippen molar-refractivity contribution in [2.24, 2.45) is 0 Å². The molecule has 30 heavy (non-hydrogen) atoms. The van der Waals surface area contributed by atoms with Gasteiger partial charge in [0.15, 0.2) is 0 Å². The molecule has 0 aliphatic heterocycles. The average Bonchev–Trinajstić information content (AvgIpc) is 2.78. The molecule has 0 fully saturated rings. The first kappa shape index (κ1) is 19.7. The summed E-state index contributed by atoms with van der Waals surface area (Å²) in [7, 11) is 3.96. The van der Waals surface area contributed by atoms with Gasteiger partial charge >= 0.3 is 0 Å². The van der Waals surface area contributed by atoms with E-state index in [2.05, 4.69) is 5.32 Å². The lowest BCUT2D eigenvalue weighted by molar-refractivity contribution is 0.0951. The second kappa shape index (κ2) is 8.84. The van der Waals surface area contributed by atoms with Crippen molar-refractivity contribution in [1.82, 2.24) is 20.2 Å². The predicted molar refractivity (Wildman–Crippen MR) is 121 cm³/mol. The van der Waals surface area contributed by atoms with E-state index in [0.717, 1.165) is 34.6 Å². The van der Waals surface area contributed by atoms with Crippen LogP contribution < -0.4 is 5.32 Å². The topological polar surface area (TPSA) is 58.1 Å². The van der Waals surface area contributed by atoms with Gasteiger partial charge in [-0.25, -0.2) is 9.97 Å². The van der Waals surface area contributed by atoms with E-state index in [-0.39, 0.29) is 5.91 Å². The highest BCUT2D eigenvalue weighted by Gasteiger charge is 2.14. The number of hydrogen-bond donors (Lipinski definition) is 1. The van der Waals surface area contributed by atoms with Gasteiger partial charge in [0.2, 0.25) is 0 Å². The molecule has 0 atom stereocenters. The molecule has 4 rings (SSSR count). The first-order valence-corrected chi connectivity index (χ1v) is 9.97. The monoisotopic (exact) mass is 396 g/mol. The molecular weight excluding hydrogens is 372 g/mol. The van der Waals surface area contributed by atoms with Crippen molar-refractivity contribution in [1.29, 1.82) is 0 Å². The molecule has 1 N–H and O–H groups in total. The maximum atomic E-state index is 12.5. The van der Waals surface area contributed by atoms with E-state index in [0.29, 0.717) is 17.6 Å². The van der Waals surface area contributed by atoms with Crippen molar-refractivity contribution in [3.8, 4) is 22.5 Å². The molecule has 3 aromatic carbocycles. The molecule has 1 amide bonds. The largest absolute Gasteiger partial charge is 0.351 e. The van der Waals surface area contributed by atoms with Crippen LogP contribution in [0.2, 0.25) is 0 Å². The number of hydrogen-bond acceptors (Lipinski definition) is 4. The van der Waals surface area contributed by atoms with Crippen molar-refractivity contribution < 1.29 is 4.79 Å². The second-order valence-electron chi connectivity index (χ2n) is 7.42. The minimum absolute atomic E-state index is 0.103. The average molecular weight is 396 g/mol. The lowest BCUT2D eigenvalue weighted by atomic mass is 10.0. The second-order valence-corrected chi connectivity index (χ2v) is 7.42. The first-order valence-electron chi connectivity index (χ1n) is 9.97. The Morgan fingerprint density at radius 3 is 1.93 bits per heavy atom. The van der Waals surface area contributed by atoms with Gasteiger partial charge in [0.25, 0.3) is 5.91 Å². The highest BCUT2D eigenvalue weighted by molar-refractivity contribution is 5.98. The summed E-state index contributed by atoms with van der Waals surface area (Å²) in [6.07, 6.45) is 0. The summed E-state index contributed by atoms with van der Waals surface area (Å²) in [5.74, 6) is -0.103. The molecule has 150 valence electrons. The van der Waals surface area contributed by atoms with Crippen LogP contribution in [-0.2, 0) is 0 Å². The lowest BCUT2D eigenvalue weighted by Gasteiger charge is -2.12. The van der Waals surface area contributed by atoms with Crippen LogP contribution in [0.5, 0.6) is 0 Å². The number of benzene rings is 3. The van der Waals surface area contributed by atoms with Crippen LogP contribution in [0.1, 0.15) is 10.4 Å². The van der Waals surface area contributed by atoms with Gasteiger partial charge in [-0.1, -0.05) is 60.7 Å². The zero-order valence-electron chi connectivity index (χ0n) is 17.2. The maximum absolute atomic E-state index is 12.5. The minimum atomic E-state index is -0.103. The van der Waals surface area contributed by atoms with E-state index in [4.69, 9.17) is 9.97 Å². The van der Waals surface area contributed by atoms with Gasteiger partial charge in [-0.05, 0) is 32.3 Å². The van der Waals surface area contributed by atoms with Gasteiger partial charge in [-0.15, -0.1) is 0 Å². The number of aromatic nitrogens is 2. The van der Waals surface area contributed by atoms with Crippen LogP contribution in [0.15, 0.2) is 78.9 Å². The predicted octanol–water partition coefficient (Wildman–Crippen LogP) is 4.26. The van der Waals surface area contributed by atoms with Crippen LogP contribution in [0.4, 0.5) is 0 Å². The number of fused-ring (bicyclic) bond motifs is 1. The summed E-state index contributed by atoms with van der Waals surface area (Å²) >= 11 is 0. The van der Waals surface area contributed by atoms with E-state index < -0.39 is 0 Å². The van der Waals surface area contributed by atoms with Crippen LogP contribution in [0.25, 0.3) is 33.5 Å². The molecule has 4 aromatic rings. The number of amides is 1. The van der Waals surface area contributed by atoms with E-state index in [1.54, 1.807) is 6.07 Å². The highest BCUT2D eigenvalue weighted by atomic mass is 16.1. The molecule has 0 saturated carbocycles. The molecule has 0 radical (unpaired) electrons. The molecule has 5 nitrogen and oxygen atoms in total. The lowest BCUT2D eigenvalue weighted by Crippen LogP contribution is -2.31. The molecule has 5 heteroatoms. The number of carbonyl (C=O) groups is 1.